The third kappa shape index (κ3) is 5.12. The van der Waals surface area contributed by atoms with Crippen LogP contribution in [0.15, 0.2) is 168 Å². The van der Waals surface area contributed by atoms with Crippen LogP contribution in [0.4, 0.5) is 45.5 Å². The Bertz CT molecular complexity index is 3330. The third-order valence-electron chi connectivity index (χ3n) is 14.6. The average molecular weight is 816 g/mol. The maximum Gasteiger partial charge on any atom is 0.337 e. The number of benzene rings is 8. The summed E-state index contributed by atoms with van der Waals surface area (Å²) in [6.07, 6.45) is 2.30. The summed E-state index contributed by atoms with van der Waals surface area (Å²) < 4.78 is 14.0. The van der Waals surface area contributed by atoms with Crippen LogP contribution in [-0.4, -0.2) is 6.85 Å². The second-order valence-electron chi connectivity index (χ2n) is 19.2. The molecular formula is C57H46BN3O2. The first-order valence-corrected chi connectivity index (χ1v) is 22.3. The summed E-state index contributed by atoms with van der Waals surface area (Å²) in [4.78, 5) is 7.54. The maximum absolute atomic E-state index is 7.13. The number of nitrogens with zero attached hydrogens (tertiary/aromatic N) is 3. The normalized spacial score (nSPS) is 15.9. The second-order valence-corrected chi connectivity index (χ2v) is 19.2. The Hall–Kier alpha value is -7.18. The van der Waals surface area contributed by atoms with Gasteiger partial charge in [-0.1, -0.05) is 113 Å². The monoisotopic (exact) mass is 815 g/mol. The van der Waals surface area contributed by atoms with Crippen LogP contribution in [0.5, 0.6) is 11.5 Å². The van der Waals surface area contributed by atoms with Crippen molar-refractivity contribution in [3.8, 4) is 22.6 Å². The molecule has 0 spiro atoms. The molecule has 1 aliphatic carbocycles. The molecule has 1 aromatic heterocycles. The number of aryl methyl sites for hydroxylation is 1. The minimum atomic E-state index is -0.242. The van der Waals surface area contributed by atoms with Crippen molar-refractivity contribution < 1.29 is 9.15 Å². The van der Waals surface area contributed by atoms with Crippen LogP contribution >= 0.6 is 0 Å². The van der Waals surface area contributed by atoms with Crippen LogP contribution in [0.2, 0.25) is 0 Å². The van der Waals surface area contributed by atoms with Gasteiger partial charge in [0, 0.05) is 55.9 Å². The number of anilines is 8. The first kappa shape index (κ1) is 36.5. The van der Waals surface area contributed by atoms with E-state index in [9.17, 15) is 0 Å². The van der Waals surface area contributed by atoms with E-state index >= 15 is 0 Å². The third-order valence-corrected chi connectivity index (χ3v) is 14.6. The van der Waals surface area contributed by atoms with Gasteiger partial charge in [-0.15, -0.1) is 0 Å². The summed E-state index contributed by atoms with van der Waals surface area (Å²) in [5.41, 5.74) is 19.6. The van der Waals surface area contributed by atoms with Gasteiger partial charge < -0.3 is 23.8 Å². The highest BCUT2D eigenvalue weighted by Gasteiger charge is 2.50. The zero-order valence-electron chi connectivity index (χ0n) is 36.2. The Morgan fingerprint density at radius 3 is 1.95 bits per heavy atom. The molecule has 304 valence electrons. The molecule has 0 unspecified atom stereocenters. The van der Waals surface area contributed by atoms with E-state index in [1.165, 1.54) is 33.4 Å². The van der Waals surface area contributed by atoms with Crippen LogP contribution < -0.4 is 30.3 Å². The first-order chi connectivity index (χ1) is 30.7. The Kier molecular flexibility index (Phi) is 7.49. The van der Waals surface area contributed by atoms with E-state index in [-0.39, 0.29) is 17.7 Å². The molecule has 0 atom stereocenters. The van der Waals surface area contributed by atoms with Gasteiger partial charge >= 0.3 is 6.85 Å². The van der Waals surface area contributed by atoms with Crippen molar-refractivity contribution in [3.05, 3.63) is 180 Å². The molecule has 0 fully saturated rings. The van der Waals surface area contributed by atoms with Crippen molar-refractivity contribution in [2.75, 3.05) is 14.6 Å². The fourth-order valence-corrected chi connectivity index (χ4v) is 11.4. The van der Waals surface area contributed by atoms with Crippen LogP contribution in [0.25, 0.3) is 33.1 Å². The SMILES string of the molecule is Cc1cc2c(cc1N1c3cc(N(c4ccccc4)c4ccccc4)cc4c3B(c3c1ccc1c3oc3ccccc31)N1c3ccccc3Oc3cccc-4c31)C(C)(C)CCC2(C)C. The van der Waals surface area contributed by atoms with Crippen molar-refractivity contribution in [2.45, 2.75) is 58.3 Å². The molecule has 0 radical (unpaired) electrons. The number of ether oxygens (including phenoxy) is 1. The van der Waals surface area contributed by atoms with Crippen LogP contribution in [-0.2, 0) is 10.8 Å². The molecule has 4 aliphatic rings. The molecule has 0 N–H and O–H groups in total. The lowest BCUT2D eigenvalue weighted by Crippen LogP contribution is -2.62. The molecular weight excluding hydrogens is 769 g/mol. The lowest BCUT2D eigenvalue weighted by Gasteiger charge is -2.48. The molecule has 0 saturated heterocycles. The van der Waals surface area contributed by atoms with E-state index in [0.717, 1.165) is 97.1 Å². The van der Waals surface area contributed by atoms with Gasteiger partial charge in [-0.25, -0.2) is 0 Å². The molecule has 63 heavy (non-hydrogen) atoms. The molecule has 0 amide bonds. The summed E-state index contributed by atoms with van der Waals surface area (Å²) in [7, 11) is 0. The quantitative estimate of drug-likeness (QED) is 0.165. The van der Waals surface area contributed by atoms with E-state index < -0.39 is 0 Å². The second kappa shape index (κ2) is 12.9. The van der Waals surface area contributed by atoms with Crippen LogP contribution in [0.1, 0.15) is 57.2 Å². The van der Waals surface area contributed by atoms with E-state index in [1.54, 1.807) is 0 Å². The van der Waals surface area contributed by atoms with E-state index in [4.69, 9.17) is 9.15 Å². The lowest BCUT2D eigenvalue weighted by molar-refractivity contribution is 0.332. The van der Waals surface area contributed by atoms with Crippen LogP contribution in [0.3, 0.4) is 0 Å². The van der Waals surface area contributed by atoms with Crippen molar-refractivity contribution in [1.82, 2.24) is 0 Å². The molecule has 4 heterocycles. The van der Waals surface area contributed by atoms with Crippen molar-refractivity contribution in [3.63, 3.8) is 0 Å². The molecule has 0 bridgehead atoms. The Balaban J connectivity index is 1.20. The van der Waals surface area contributed by atoms with Crippen molar-refractivity contribution in [2.24, 2.45) is 0 Å². The van der Waals surface area contributed by atoms with Gasteiger partial charge in [0.1, 0.15) is 16.9 Å². The highest BCUT2D eigenvalue weighted by molar-refractivity contribution is 6.95. The number of hydrogen-bond acceptors (Lipinski definition) is 5. The topological polar surface area (TPSA) is 32.1 Å². The predicted octanol–water partition coefficient (Wildman–Crippen LogP) is 14.5. The van der Waals surface area contributed by atoms with Gasteiger partial charge in [0.25, 0.3) is 0 Å². The predicted molar refractivity (Wildman–Crippen MR) is 262 cm³/mol. The maximum atomic E-state index is 7.13. The average Bonchev–Trinajstić information content (AvgIpc) is 3.69. The van der Waals surface area contributed by atoms with Crippen molar-refractivity contribution >= 4 is 85.2 Å². The smallest absolute Gasteiger partial charge is 0.337 e. The molecule has 0 saturated carbocycles. The molecule has 5 nitrogen and oxygen atoms in total. The fraction of sp³-hybridized carbons (Fsp3) is 0.158. The number of furan rings is 1. The van der Waals surface area contributed by atoms with Crippen molar-refractivity contribution in [1.29, 1.82) is 0 Å². The van der Waals surface area contributed by atoms with Gasteiger partial charge in [-0.2, -0.15) is 0 Å². The Morgan fingerprint density at radius 1 is 0.524 bits per heavy atom. The summed E-state index contributed by atoms with van der Waals surface area (Å²) >= 11 is 0. The van der Waals surface area contributed by atoms with Crippen LogP contribution in [0, 0.1) is 6.92 Å². The Morgan fingerprint density at radius 2 is 1.19 bits per heavy atom. The minimum Gasteiger partial charge on any atom is -0.456 e. The van der Waals surface area contributed by atoms with E-state index in [0.29, 0.717) is 0 Å². The van der Waals surface area contributed by atoms with Gasteiger partial charge in [0.15, 0.2) is 5.75 Å². The number of fused-ring (bicyclic) bond motifs is 11. The summed E-state index contributed by atoms with van der Waals surface area (Å²) in [6, 6.07) is 59.7. The van der Waals surface area contributed by atoms with E-state index in [2.05, 4.69) is 213 Å². The number of hydrogen-bond donors (Lipinski definition) is 0. The van der Waals surface area contributed by atoms with Gasteiger partial charge in [0.2, 0.25) is 0 Å². The summed E-state index contributed by atoms with van der Waals surface area (Å²) in [6.45, 7) is 11.8. The fourth-order valence-electron chi connectivity index (χ4n) is 11.4. The first-order valence-electron chi connectivity index (χ1n) is 22.3. The zero-order valence-corrected chi connectivity index (χ0v) is 36.2. The van der Waals surface area contributed by atoms with Gasteiger partial charge in [-0.3, -0.25) is 0 Å². The summed E-state index contributed by atoms with van der Waals surface area (Å²) in [5.74, 6) is 1.70. The standard InChI is InChI=1S/C57H46BN3O2/c1-35-31-43-44(57(4,5)30-29-56(43,2)3)34-47(35)60-46-28-27-41-39-21-12-14-24-49(39)63-55(41)53(46)58-52-42(40-22-16-26-51-54(40)61(58)45-23-13-15-25-50(45)62-51)32-38(33-48(52)60)59(36-17-8-6-9-18-36)37-19-10-7-11-20-37/h6-28,31-34H,29-30H2,1-5H3. The minimum absolute atomic E-state index is 0.0166. The number of para-hydroxylation sites is 6. The lowest BCUT2D eigenvalue weighted by atomic mass is 9.43. The van der Waals surface area contributed by atoms with Gasteiger partial charge in [-0.05, 0) is 137 Å². The highest BCUT2D eigenvalue weighted by Crippen LogP contribution is 2.57. The largest absolute Gasteiger partial charge is 0.456 e. The zero-order chi connectivity index (χ0) is 42.4. The number of rotatable bonds is 4. The van der Waals surface area contributed by atoms with E-state index in [1.807, 2.05) is 0 Å². The molecule has 9 aromatic rings. The Labute approximate surface area is 368 Å². The summed E-state index contributed by atoms with van der Waals surface area (Å²) in [5, 5.41) is 2.24. The molecule has 8 aromatic carbocycles. The van der Waals surface area contributed by atoms with Gasteiger partial charge in [0.05, 0.1) is 11.4 Å². The highest BCUT2D eigenvalue weighted by atomic mass is 16.5. The molecule has 13 rings (SSSR count). The molecule has 3 aliphatic heterocycles. The molecule has 6 heteroatoms.